The Kier molecular flexibility index (Phi) is 5.02. The van der Waals surface area contributed by atoms with Crippen molar-refractivity contribution >= 4 is 22.9 Å². The Morgan fingerprint density at radius 3 is 2.84 bits per heavy atom. The molecule has 1 atom stereocenters. The lowest BCUT2D eigenvalue weighted by atomic mass is 10.1. The van der Waals surface area contributed by atoms with Crippen molar-refractivity contribution < 1.29 is 0 Å². The third-order valence-electron chi connectivity index (χ3n) is 3.19. The van der Waals surface area contributed by atoms with Gasteiger partial charge in [0, 0.05) is 23.9 Å². The van der Waals surface area contributed by atoms with Crippen LogP contribution in [-0.2, 0) is 13.0 Å². The number of hydrogen-bond acceptors (Lipinski definition) is 3. The highest BCUT2D eigenvalue weighted by molar-refractivity contribution is 7.10. The molecule has 5 heteroatoms. The molecule has 1 N–H and O–H groups in total. The van der Waals surface area contributed by atoms with Gasteiger partial charge in [-0.25, -0.2) is 0 Å². The molecule has 104 valence electrons. The Balaban J connectivity index is 2.27. The van der Waals surface area contributed by atoms with Crippen LogP contribution in [0.4, 0.5) is 0 Å². The second-order valence-corrected chi connectivity index (χ2v) is 5.85. The van der Waals surface area contributed by atoms with E-state index in [9.17, 15) is 0 Å². The molecule has 2 aromatic heterocycles. The SMILES string of the molecule is CCNC(Cc1c(Cl)c(C)nn1CC)c1cccs1. The molecule has 0 saturated carbocycles. The fraction of sp³-hybridized carbons (Fsp3) is 0.500. The van der Waals surface area contributed by atoms with Gasteiger partial charge >= 0.3 is 0 Å². The molecule has 0 aromatic carbocycles. The maximum Gasteiger partial charge on any atom is 0.0847 e. The van der Waals surface area contributed by atoms with Crippen molar-refractivity contribution in [1.82, 2.24) is 15.1 Å². The van der Waals surface area contributed by atoms with E-state index in [0.29, 0.717) is 6.04 Å². The van der Waals surface area contributed by atoms with E-state index in [-0.39, 0.29) is 0 Å². The van der Waals surface area contributed by atoms with E-state index in [2.05, 4.69) is 41.8 Å². The zero-order chi connectivity index (χ0) is 13.8. The van der Waals surface area contributed by atoms with Gasteiger partial charge in [0.15, 0.2) is 0 Å². The summed E-state index contributed by atoms with van der Waals surface area (Å²) in [6.45, 7) is 7.99. The summed E-state index contributed by atoms with van der Waals surface area (Å²) in [5.41, 5.74) is 2.04. The maximum atomic E-state index is 6.39. The summed E-state index contributed by atoms with van der Waals surface area (Å²) in [4.78, 5) is 1.35. The highest BCUT2D eigenvalue weighted by Crippen LogP contribution is 2.28. The monoisotopic (exact) mass is 297 g/mol. The van der Waals surface area contributed by atoms with Crippen LogP contribution >= 0.6 is 22.9 Å². The minimum atomic E-state index is 0.309. The first kappa shape index (κ1) is 14.6. The molecule has 2 heterocycles. The van der Waals surface area contributed by atoms with Crippen LogP contribution in [0.3, 0.4) is 0 Å². The van der Waals surface area contributed by atoms with Gasteiger partial charge in [0.05, 0.1) is 16.4 Å². The van der Waals surface area contributed by atoms with Crippen molar-refractivity contribution in [2.45, 2.75) is 39.8 Å². The molecule has 3 nitrogen and oxygen atoms in total. The first-order valence-electron chi connectivity index (χ1n) is 6.65. The van der Waals surface area contributed by atoms with E-state index < -0.39 is 0 Å². The summed E-state index contributed by atoms with van der Waals surface area (Å²) in [6.07, 6.45) is 0.877. The predicted molar refractivity (Wildman–Crippen MR) is 82.1 cm³/mol. The molecule has 1 unspecified atom stereocenters. The van der Waals surface area contributed by atoms with Gasteiger partial charge in [0.1, 0.15) is 0 Å². The van der Waals surface area contributed by atoms with Crippen molar-refractivity contribution in [3.8, 4) is 0 Å². The quantitative estimate of drug-likeness (QED) is 0.878. The first-order valence-corrected chi connectivity index (χ1v) is 7.91. The molecule has 2 rings (SSSR count). The number of halogens is 1. The molecule has 0 aliphatic rings. The van der Waals surface area contributed by atoms with E-state index >= 15 is 0 Å². The number of hydrogen-bond donors (Lipinski definition) is 1. The average Bonchev–Trinajstić information content (AvgIpc) is 3.01. The van der Waals surface area contributed by atoms with E-state index in [1.54, 1.807) is 11.3 Å². The van der Waals surface area contributed by atoms with Crippen molar-refractivity contribution in [2.75, 3.05) is 6.54 Å². The zero-order valence-corrected chi connectivity index (χ0v) is 13.2. The average molecular weight is 298 g/mol. The fourth-order valence-corrected chi connectivity index (χ4v) is 3.28. The second kappa shape index (κ2) is 6.55. The third-order valence-corrected chi connectivity index (χ3v) is 4.67. The van der Waals surface area contributed by atoms with Crippen molar-refractivity contribution in [3.05, 3.63) is 38.8 Å². The smallest absolute Gasteiger partial charge is 0.0847 e. The van der Waals surface area contributed by atoms with E-state index in [1.165, 1.54) is 4.88 Å². The van der Waals surface area contributed by atoms with Gasteiger partial charge in [0.2, 0.25) is 0 Å². The van der Waals surface area contributed by atoms with Gasteiger partial charge in [-0.2, -0.15) is 5.10 Å². The molecule has 0 bridgehead atoms. The van der Waals surface area contributed by atoms with Gasteiger partial charge in [-0.3, -0.25) is 4.68 Å². The van der Waals surface area contributed by atoms with Gasteiger partial charge in [-0.05, 0) is 31.8 Å². The predicted octanol–water partition coefficient (Wildman–Crippen LogP) is 3.82. The molecule has 2 aromatic rings. The Morgan fingerprint density at radius 2 is 2.26 bits per heavy atom. The lowest BCUT2D eigenvalue weighted by Gasteiger charge is -2.17. The minimum Gasteiger partial charge on any atom is -0.309 e. The Bertz CT molecular complexity index is 519. The fourth-order valence-electron chi connectivity index (χ4n) is 2.27. The van der Waals surface area contributed by atoms with Crippen LogP contribution in [0, 0.1) is 6.92 Å². The van der Waals surface area contributed by atoms with E-state index in [1.807, 2.05) is 11.6 Å². The summed E-state index contributed by atoms with van der Waals surface area (Å²) >= 11 is 8.17. The molecule has 0 radical (unpaired) electrons. The molecule has 0 fully saturated rings. The maximum absolute atomic E-state index is 6.39. The molecular weight excluding hydrogens is 278 g/mol. The highest BCUT2D eigenvalue weighted by Gasteiger charge is 2.19. The van der Waals surface area contributed by atoms with Crippen LogP contribution < -0.4 is 5.32 Å². The number of aromatic nitrogens is 2. The van der Waals surface area contributed by atoms with E-state index in [4.69, 9.17) is 11.6 Å². The highest BCUT2D eigenvalue weighted by atomic mass is 35.5. The summed E-state index contributed by atoms with van der Waals surface area (Å²) in [5.74, 6) is 0. The molecule has 0 saturated heterocycles. The minimum absolute atomic E-state index is 0.309. The standard InChI is InChI=1S/C14H20ClN3S/c1-4-16-11(13-7-6-8-19-13)9-12-14(15)10(3)17-18(12)5-2/h6-8,11,16H,4-5,9H2,1-3H3. The summed E-state index contributed by atoms with van der Waals surface area (Å²) in [7, 11) is 0. The molecule has 0 aliphatic heterocycles. The molecule has 0 aliphatic carbocycles. The van der Waals surface area contributed by atoms with Crippen LogP contribution in [0.2, 0.25) is 5.02 Å². The van der Waals surface area contributed by atoms with Crippen molar-refractivity contribution in [2.24, 2.45) is 0 Å². The largest absolute Gasteiger partial charge is 0.309 e. The second-order valence-electron chi connectivity index (χ2n) is 4.49. The summed E-state index contributed by atoms with van der Waals surface area (Å²) in [5, 5.41) is 10.9. The molecule has 0 spiro atoms. The number of aryl methyl sites for hydroxylation is 2. The molecular formula is C14H20ClN3S. The van der Waals surface area contributed by atoms with Gasteiger partial charge < -0.3 is 5.32 Å². The van der Waals surface area contributed by atoms with Crippen molar-refractivity contribution in [3.63, 3.8) is 0 Å². The number of nitrogens with one attached hydrogen (secondary N) is 1. The normalized spacial score (nSPS) is 12.8. The number of thiophene rings is 1. The lowest BCUT2D eigenvalue weighted by Crippen LogP contribution is -2.23. The first-order chi connectivity index (χ1) is 9.17. The Hall–Kier alpha value is -0.840. The third kappa shape index (κ3) is 3.19. The molecule has 0 amide bonds. The van der Waals surface area contributed by atoms with E-state index in [0.717, 1.165) is 35.9 Å². The van der Waals surface area contributed by atoms with Gasteiger partial charge in [-0.1, -0.05) is 24.6 Å². The summed E-state index contributed by atoms with van der Waals surface area (Å²) < 4.78 is 2.01. The van der Waals surface area contributed by atoms with Crippen LogP contribution in [0.5, 0.6) is 0 Å². The Morgan fingerprint density at radius 1 is 1.47 bits per heavy atom. The number of rotatable bonds is 6. The molecule has 19 heavy (non-hydrogen) atoms. The lowest BCUT2D eigenvalue weighted by molar-refractivity contribution is 0.522. The van der Waals surface area contributed by atoms with Crippen LogP contribution in [0.25, 0.3) is 0 Å². The van der Waals surface area contributed by atoms with Gasteiger partial charge in [0.25, 0.3) is 0 Å². The number of likely N-dealkylation sites (N-methyl/N-ethyl adjacent to an activating group) is 1. The van der Waals surface area contributed by atoms with Crippen molar-refractivity contribution in [1.29, 1.82) is 0 Å². The van der Waals surface area contributed by atoms with Crippen LogP contribution in [0.15, 0.2) is 17.5 Å². The Labute approximate surface area is 123 Å². The topological polar surface area (TPSA) is 29.9 Å². The summed E-state index contributed by atoms with van der Waals surface area (Å²) in [6, 6.07) is 4.57. The number of nitrogens with zero attached hydrogens (tertiary/aromatic N) is 2. The van der Waals surface area contributed by atoms with Gasteiger partial charge in [-0.15, -0.1) is 11.3 Å². The van der Waals surface area contributed by atoms with Crippen LogP contribution in [0.1, 0.15) is 36.2 Å². The zero-order valence-electron chi connectivity index (χ0n) is 11.6. The van der Waals surface area contributed by atoms with Crippen LogP contribution in [-0.4, -0.2) is 16.3 Å².